The number of nitrogens with one attached hydrogen (secondary N) is 1. The van der Waals surface area contributed by atoms with Crippen LogP contribution in [0.5, 0.6) is 5.75 Å². The fourth-order valence-corrected chi connectivity index (χ4v) is 2.35. The van der Waals surface area contributed by atoms with Gasteiger partial charge < -0.3 is 9.15 Å². The van der Waals surface area contributed by atoms with Crippen molar-refractivity contribution in [3.8, 4) is 5.75 Å². The molecule has 0 fully saturated rings. The molecule has 3 rings (SSSR count). The van der Waals surface area contributed by atoms with Gasteiger partial charge in [0.1, 0.15) is 5.75 Å². The third kappa shape index (κ3) is 2.68. The predicted octanol–water partition coefficient (Wildman–Crippen LogP) is 2.62. The van der Waals surface area contributed by atoms with Gasteiger partial charge in [0.2, 0.25) is 0 Å². The molecule has 0 bridgehead atoms. The van der Waals surface area contributed by atoms with E-state index in [2.05, 4.69) is 5.48 Å². The Bertz CT molecular complexity index is 851. The van der Waals surface area contributed by atoms with Gasteiger partial charge in [-0.05, 0) is 29.8 Å². The van der Waals surface area contributed by atoms with Crippen LogP contribution in [-0.4, -0.2) is 18.8 Å². The number of rotatable bonds is 5. The Balaban J connectivity index is 2.01. The highest BCUT2D eigenvalue weighted by molar-refractivity contribution is 5.75. The van der Waals surface area contributed by atoms with Crippen molar-refractivity contribution in [2.45, 2.75) is 6.54 Å². The lowest BCUT2D eigenvalue weighted by molar-refractivity contribution is 0.271. The predicted molar refractivity (Wildman–Crippen MR) is 83.2 cm³/mol. The Morgan fingerprint density at radius 2 is 2.05 bits per heavy atom. The van der Waals surface area contributed by atoms with Crippen LogP contribution in [0, 0.1) is 0 Å². The lowest BCUT2D eigenvalue weighted by Crippen LogP contribution is -2.15. The smallest absolute Gasteiger partial charge is 0.420 e. The van der Waals surface area contributed by atoms with E-state index in [1.54, 1.807) is 37.0 Å². The molecule has 0 saturated carbocycles. The Kier molecular flexibility index (Phi) is 3.84. The minimum Gasteiger partial charge on any atom is -0.497 e. The van der Waals surface area contributed by atoms with Crippen molar-refractivity contribution in [1.29, 1.82) is 0 Å². The topological polar surface area (TPSA) is 65.6 Å². The molecule has 0 radical (unpaired) electrons. The highest BCUT2D eigenvalue weighted by Gasteiger charge is 2.11. The molecule has 0 aliphatic carbocycles. The number of nitrogens with zero attached hydrogens (tertiary/aromatic N) is 1. The number of oxazole rings is 1. The quantitative estimate of drug-likeness (QED) is 0.734. The lowest BCUT2D eigenvalue weighted by atomic mass is 10.2. The summed E-state index contributed by atoms with van der Waals surface area (Å²) in [6.45, 7) is 0.401. The summed E-state index contributed by atoms with van der Waals surface area (Å²) < 4.78 is 12.0. The van der Waals surface area contributed by atoms with Gasteiger partial charge in [0.05, 0.1) is 32.0 Å². The van der Waals surface area contributed by atoms with E-state index < -0.39 is 5.76 Å². The molecule has 6 heteroatoms. The van der Waals surface area contributed by atoms with E-state index in [0.717, 1.165) is 11.3 Å². The van der Waals surface area contributed by atoms with Crippen LogP contribution in [0.1, 0.15) is 5.56 Å². The van der Waals surface area contributed by atoms with Crippen molar-refractivity contribution in [2.24, 2.45) is 0 Å². The third-order valence-electron chi connectivity index (χ3n) is 3.36. The van der Waals surface area contributed by atoms with E-state index >= 15 is 0 Å². The van der Waals surface area contributed by atoms with Gasteiger partial charge in [-0.2, -0.15) is 0 Å². The Morgan fingerprint density at radius 1 is 1.18 bits per heavy atom. The number of aromatic nitrogens is 1. The summed E-state index contributed by atoms with van der Waals surface area (Å²) in [6.07, 6.45) is 0. The molecule has 3 aromatic rings. The normalized spacial score (nSPS) is 10.8. The van der Waals surface area contributed by atoms with Gasteiger partial charge in [0.25, 0.3) is 0 Å². The molecule has 1 aromatic heterocycles. The van der Waals surface area contributed by atoms with Crippen LogP contribution in [0.15, 0.2) is 51.7 Å². The third-order valence-corrected chi connectivity index (χ3v) is 3.36. The lowest BCUT2D eigenvalue weighted by Gasteiger charge is -2.07. The molecule has 0 spiro atoms. The molecule has 0 saturated heterocycles. The fraction of sp³-hybridized carbons (Fsp3) is 0.188. The zero-order valence-electron chi connectivity index (χ0n) is 12.3. The van der Waals surface area contributed by atoms with Crippen molar-refractivity contribution in [1.82, 2.24) is 4.57 Å². The molecule has 22 heavy (non-hydrogen) atoms. The van der Waals surface area contributed by atoms with Crippen LogP contribution >= 0.6 is 0 Å². The fourth-order valence-electron chi connectivity index (χ4n) is 2.35. The summed E-state index contributed by atoms with van der Waals surface area (Å²) >= 11 is 0. The largest absolute Gasteiger partial charge is 0.497 e. The maximum absolute atomic E-state index is 12.1. The van der Waals surface area contributed by atoms with Crippen molar-refractivity contribution in [3.63, 3.8) is 0 Å². The summed E-state index contributed by atoms with van der Waals surface area (Å²) in [6, 6.07) is 12.9. The molecule has 114 valence electrons. The number of anilines is 1. The summed E-state index contributed by atoms with van der Waals surface area (Å²) in [5.74, 6) is 0.283. The van der Waals surface area contributed by atoms with Crippen molar-refractivity contribution >= 4 is 16.8 Å². The standard InChI is InChI=1S/C16H16N2O4/c1-20-13-6-7-15-14(9-13)18(16(19)22-15)10-11-4-3-5-12(8-11)17-21-2/h3-9,17H,10H2,1-2H3. The number of fused-ring (bicyclic) bond motifs is 1. The van der Waals surface area contributed by atoms with Crippen LogP contribution in [0.2, 0.25) is 0 Å². The van der Waals surface area contributed by atoms with Crippen molar-refractivity contribution < 1.29 is 14.0 Å². The molecule has 0 aliphatic heterocycles. The first-order chi connectivity index (χ1) is 10.7. The molecular formula is C16H16N2O4. The maximum Gasteiger partial charge on any atom is 0.420 e. The summed E-state index contributed by atoms with van der Waals surface area (Å²) in [5, 5.41) is 0. The number of hydrogen-bond donors (Lipinski definition) is 1. The number of methoxy groups -OCH3 is 1. The van der Waals surface area contributed by atoms with E-state index in [0.29, 0.717) is 23.4 Å². The molecule has 0 unspecified atom stereocenters. The van der Waals surface area contributed by atoms with Crippen LogP contribution in [0.3, 0.4) is 0 Å². The molecule has 2 aromatic carbocycles. The number of hydrogen-bond acceptors (Lipinski definition) is 5. The summed E-state index contributed by atoms with van der Waals surface area (Å²) in [7, 11) is 3.14. The van der Waals surface area contributed by atoms with Crippen molar-refractivity contribution in [2.75, 3.05) is 19.7 Å². The zero-order valence-corrected chi connectivity index (χ0v) is 12.3. The van der Waals surface area contributed by atoms with Crippen LogP contribution in [0.4, 0.5) is 5.69 Å². The minimum absolute atomic E-state index is 0.395. The monoisotopic (exact) mass is 300 g/mol. The second-order valence-electron chi connectivity index (χ2n) is 4.79. The first kappa shape index (κ1) is 14.2. The molecule has 6 nitrogen and oxygen atoms in total. The van der Waals surface area contributed by atoms with E-state index in [1.165, 1.54) is 0 Å². The van der Waals surface area contributed by atoms with E-state index in [-0.39, 0.29) is 0 Å². The molecule has 0 amide bonds. The van der Waals surface area contributed by atoms with Crippen LogP contribution in [0.25, 0.3) is 11.1 Å². The summed E-state index contributed by atoms with van der Waals surface area (Å²) in [5.41, 5.74) is 5.78. The molecular weight excluding hydrogens is 284 g/mol. The SMILES string of the molecule is CONc1cccc(Cn2c(=O)oc3ccc(OC)cc32)c1. The molecule has 0 atom stereocenters. The highest BCUT2D eigenvalue weighted by atomic mass is 16.6. The molecule has 0 aliphatic rings. The van der Waals surface area contributed by atoms with Crippen LogP contribution < -0.4 is 16.0 Å². The molecule has 1 heterocycles. The van der Waals surface area contributed by atoms with Gasteiger partial charge in [0.15, 0.2) is 5.58 Å². The van der Waals surface area contributed by atoms with Gasteiger partial charge in [-0.3, -0.25) is 14.9 Å². The average Bonchev–Trinajstić information content (AvgIpc) is 2.83. The molecule has 1 N–H and O–H groups in total. The van der Waals surface area contributed by atoms with Gasteiger partial charge in [-0.25, -0.2) is 4.79 Å². The van der Waals surface area contributed by atoms with E-state index in [1.807, 2.05) is 24.3 Å². The first-order valence-electron chi connectivity index (χ1n) is 6.76. The number of benzene rings is 2. The maximum atomic E-state index is 12.1. The Labute approximate surface area is 126 Å². The second-order valence-corrected chi connectivity index (χ2v) is 4.79. The zero-order chi connectivity index (χ0) is 15.5. The first-order valence-corrected chi connectivity index (χ1v) is 6.76. The van der Waals surface area contributed by atoms with Gasteiger partial charge in [-0.1, -0.05) is 12.1 Å². The minimum atomic E-state index is -0.395. The second kappa shape index (κ2) is 5.95. The van der Waals surface area contributed by atoms with E-state index in [9.17, 15) is 4.79 Å². The Morgan fingerprint density at radius 3 is 2.82 bits per heavy atom. The Hall–Kier alpha value is -2.73. The van der Waals surface area contributed by atoms with Gasteiger partial charge in [-0.15, -0.1) is 0 Å². The van der Waals surface area contributed by atoms with Crippen molar-refractivity contribution in [3.05, 3.63) is 58.6 Å². The summed E-state index contributed by atoms with van der Waals surface area (Å²) in [4.78, 5) is 17.0. The highest BCUT2D eigenvalue weighted by Crippen LogP contribution is 2.21. The number of ether oxygens (including phenoxy) is 1. The van der Waals surface area contributed by atoms with Gasteiger partial charge in [0, 0.05) is 6.07 Å². The average molecular weight is 300 g/mol. The van der Waals surface area contributed by atoms with E-state index in [4.69, 9.17) is 14.0 Å². The van der Waals surface area contributed by atoms with Crippen LogP contribution in [-0.2, 0) is 11.4 Å². The van der Waals surface area contributed by atoms with Gasteiger partial charge >= 0.3 is 5.76 Å².